The van der Waals surface area contributed by atoms with E-state index in [2.05, 4.69) is 22.0 Å². The van der Waals surface area contributed by atoms with Crippen molar-refractivity contribution in [1.29, 1.82) is 0 Å². The number of rotatable bonds is 5. The molecule has 0 saturated carbocycles. The number of aliphatic imine (C=N–C) groups is 1. The van der Waals surface area contributed by atoms with Crippen molar-refractivity contribution in [2.45, 2.75) is 13.3 Å². The van der Waals surface area contributed by atoms with Crippen molar-refractivity contribution in [3.63, 3.8) is 0 Å². The van der Waals surface area contributed by atoms with Gasteiger partial charge < -0.3 is 19.5 Å². The second-order valence-corrected chi connectivity index (χ2v) is 6.02. The van der Waals surface area contributed by atoms with Crippen molar-refractivity contribution >= 4 is 11.6 Å². The summed E-state index contributed by atoms with van der Waals surface area (Å²) in [6, 6.07) is 10.6. The Morgan fingerprint density at radius 3 is 2.56 bits per heavy atom. The van der Waals surface area contributed by atoms with Crippen molar-refractivity contribution in [3.8, 4) is 0 Å². The van der Waals surface area contributed by atoms with Crippen molar-refractivity contribution in [2.24, 2.45) is 4.99 Å². The first-order valence-corrected chi connectivity index (χ1v) is 8.82. The molecule has 0 radical (unpaired) electrons. The normalized spacial score (nSPS) is 15.5. The van der Waals surface area contributed by atoms with Crippen molar-refractivity contribution in [1.82, 2.24) is 10.2 Å². The third-order valence-corrected chi connectivity index (χ3v) is 4.31. The average Bonchev–Trinajstić information content (AvgIpc) is 3.15. The number of guanidine groups is 1. The van der Waals surface area contributed by atoms with Crippen LogP contribution in [0.5, 0.6) is 0 Å². The molecule has 2 heterocycles. The van der Waals surface area contributed by atoms with Crippen LogP contribution >= 0.6 is 0 Å². The number of halogens is 1. The lowest BCUT2D eigenvalue weighted by Gasteiger charge is -2.37. The molecule has 2 aromatic rings. The van der Waals surface area contributed by atoms with E-state index in [9.17, 15) is 4.39 Å². The summed E-state index contributed by atoms with van der Waals surface area (Å²) in [6.07, 6.45) is 2.50. The number of hydrogen-bond donors (Lipinski definition) is 1. The fourth-order valence-corrected chi connectivity index (χ4v) is 2.98. The number of nitrogens with one attached hydrogen (secondary N) is 1. The average molecular weight is 344 g/mol. The van der Waals surface area contributed by atoms with Crippen molar-refractivity contribution in [2.75, 3.05) is 44.2 Å². The van der Waals surface area contributed by atoms with E-state index in [0.717, 1.165) is 56.6 Å². The molecule has 1 aliphatic rings. The van der Waals surface area contributed by atoms with Crippen LogP contribution in [-0.2, 0) is 6.42 Å². The Hall–Kier alpha value is -2.50. The topological polar surface area (TPSA) is 44.0 Å². The highest BCUT2D eigenvalue weighted by Gasteiger charge is 2.19. The van der Waals surface area contributed by atoms with Crippen molar-refractivity contribution in [3.05, 3.63) is 54.2 Å². The molecule has 1 saturated heterocycles. The molecular formula is C19H25FN4O. The van der Waals surface area contributed by atoms with Gasteiger partial charge >= 0.3 is 0 Å². The summed E-state index contributed by atoms with van der Waals surface area (Å²) in [5, 5.41) is 3.37. The van der Waals surface area contributed by atoms with Gasteiger partial charge in [-0.1, -0.05) is 0 Å². The largest absolute Gasteiger partial charge is 0.469 e. The first-order valence-electron chi connectivity index (χ1n) is 8.82. The molecule has 25 heavy (non-hydrogen) atoms. The molecule has 6 heteroatoms. The van der Waals surface area contributed by atoms with Crippen molar-refractivity contribution < 1.29 is 8.81 Å². The minimum atomic E-state index is -0.194. The molecule has 134 valence electrons. The minimum Gasteiger partial charge on any atom is -0.469 e. The standard InChI is InChI=1S/C19H25FN4O/c1-2-21-19(22-10-9-18-4-3-15-25-18)24-13-11-23(12-14-24)17-7-5-16(20)6-8-17/h3-8,15H,2,9-14H2,1H3,(H,21,22). The Morgan fingerprint density at radius 1 is 1.16 bits per heavy atom. The molecule has 0 bridgehead atoms. The molecular weight excluding hydrogens is 319 g/mol. The summed E-state index contributed by atoms with van der Waals surface area (Å²) >= 11 is 0. The minimum absolute atomic E-state index is 0.194. The summed E-state index contributed by atoms with van der Waals surface area (Å²) in [4.78, 5) is 9.29. The third kappa shape index (κ3) is 4.75. The molecule has 0 unspecified atom stereocenters. The second-order valence-electron chi connectivity index (χ2n) is 6.02. The highest BCUT2D eigenvalue weighted by Crippen LogP contribution is 2.17. The zero-order valence-electron chi connectivity index (χ0n) is 14.6. The van der Waals surface area contributed by atoms with Gasteiger partial charge in [-0.2, -0.15) is 0 Å². The van der Waals surface area contributed by atoms with Gasteiger partial charge in [0.25, 0.3) is 0 Å². The number of furan rings is 1. The molecule has 0 amide bonds. The number of anilines is 1. The van der Waals surface area contributed by atoms with Gasteiger partial charge in [-0.15, -0.1) is 0 Å². The second kappa shape index (κ2) is 8.55. The maximum atomic E-state index is 13.1. The molecule has 1 aromatic carbocycles. The van der Waals surface area contributed by atoms with Crippen LogP contribution in [0.25, 0.3) is 0 Å². The van der Waals surface area contributed by atoms with Crippen LogP contribution in [0.3, 0.4) is 0 Å². The quantitative estimate of drug-likeness (QED) is 0.669. The van der Waals surface area contributed by atoms with Crippen LogP contribution < -0.4 is 10.2 Å². The van der Waals surface area contributed by atoms with E-state index in [4.69, 9.17) is 9.41 Å². The Balaban J connectivity index is 1.55. The fourth-order valence-electron chi connectivity index (χ4n) is 2.98. The maximum Gasteiger partial charge on any atom is 0.194 e. The van der Waals surface area contributed by atoms with Crippen LogP contribution in [0.1, 0.15) is 12.7 Å². The molecule has 1 aliphatic heterocycles. The smallest absolute Gasteiger partial charge is 0.194 e. The summed E-state index contributed by atoms with van der Waals surface area (Å²) in [5.41, 5.74) is 1.07. The summed E-state index contributed by atoms with van der Waals surface area (Å²) in [6.45, 7) is 7.21. The Bertz CT molecular complexity index is 661. The lowest BCUT2D eigenvalue weighted by molar-refractivity contribution is 0.372. The van der Waals surface area contributed by atoms with Crippen LogP contribution in [-0.4, -0.2) is 50.1 Å². The van der Waals surface area contributed by atoms with Gasteiger partial charge in [0.15, 0.2) is 5.96 Å². The third-order valence-electron chi connectivity index (χ3n) is 4.31. The molecule has 3 rings (SSSR count). The first kappa shape index (κ1) is 17.3. The van der Waals surface area contributed by atoms with E-state index in [-0.39, 0.29) is 5.82 Å². The monoisotopic (exact) mass is 344 g/mol. The maximum absolute atomic E-state index is 13.1. The number of nitrogens with zero attached hydrogens (tertiary/aromatic N) is 3. The molecule has 5 nitrogen and oxygen atoms in total. The lowest BCUT2D eigenvalue weighted by Crippen LogP contribution is -2.52. The van der Waals surface area contributed by atoms with Crippen LogP contribution in [0.15, 0.2) is 52.1 Å². The van der Waals surface area contributed by atoms with Gasteiger partial charge in [-0.3, -0.25) is 4.99 Å². The highest BCUT2D eigenvalue weighted by molar-refractivity contribution is 5.80. The zero-order valence-corrected chi connectivity index (χ0v) is 14.6. The van der Waals surface area contributed by atoms with Crippen LogP contribution in [0, 0.1) is 5.82 Å². The lowest BCUT2D eigenvalue weighted by atomic mass is 10.2. The van der Waals surface area contributed by atoms with Gasteiger partial charge in [0.05, 0.1) is 6.26 Å². The Morgan fingerprint density at radius 2 is 1.92 bits per heavy atom. The fraction of sp³-hybridized carbons (Fsp3) is 0.421. The van der Waals surface area contributed by atoms with Gasteiger partial charge in [-0.25, -0.2) is 4.39 Å². The van der Waals surface area contributed by atoms with Crippen LogP contribution in [0.2, 0.25) is 0 Å². The van der Waals surface area contributed by atoms with E-state index >= 15 is 0 Å². The summed E-state index contributed by atoms with van der Waals surface area (Å²) < 4.78 is 18.4. The van der Waals surface area contributed by atoms with Gasteiger partial charge in [0.1, 0.15) is 11.6 Å². The predicted octanol–water partition coefficient (Wildman–Crippen LogP) is 2.75. The Kier molecular flexibility index (Phi) is 5.93. The summed E-state index contributed by atoms with van der Waals surface area (Å²) in [5.74, 6) is 1.72. The van der Waals surface area contributed by atoms with E-state index in [1.807, 2.05) is 24.3 Å². The highest BCUT2D eigenvalue weighted by atomic mass is 19.1. The molecule has 1 fully saturated rings. The van der Waals surface area contributed by atoms with E-state index in [1.54, 1.807) is 6.26 Å². The Labute approximate surface area is 148 Å². The zero-order chi connectivity index (χ0) is 17.5. The van der Waals surface area contributed by atoms with E-state index in [0.29, 0.717) is 6.54 Å². The van der Waals surface area contributed by atoms with Gasteiger partial charge in [-0.05, 0) is 43.3 Å². The van der Waals surface area contributed by atoms with E-state index in [1.165, 1.54) is 12.1 Å². The molecule has 0 spiro atoms. The van der Waals surface area contributed by atoms with Gasteiger partial charge in [0.2, 0.25) is 0 Å². The predicted molar refractivity (Wildman–Crippen MR) is 98.6 cm³/mol. The summed E-state index contributed by atoms with van der Waals surface area (Å²) in [7, 11) is 0. The number of benzene rings is 1. The van der Waals surface area contributed by atoms with Gasteiger partial charge in [0, 0.05) is 51.4 Å². The molecule has 1 aromatic heterocycles. The molecule has 1 N–H and O–H groups in total. The number of hydrogen-bond acceptors (Lipinski definition) is 3. The SMILES string of the molecule is CCNC(=NCCc1ccco1)N1CCN(c2ccc(F)cc2)CC1. The molecule has 0 aliphatic carbocycles. The van der Waals surface area contributed by atoms with Crippen LogP contribution in [0.4, 0.5) is 10.1 Å². The number of piperazine rings is 1. The van der Waals surface area contributed by atoms with E-state index < -0.39 is 0 Å². The molecule has 0 atom stereocenters. The first-order chi connectivity index (χ1) is 12.3.